The highest BCUT2D eigenvalue weighted by Gasteiger charge is 2.29. The number of hydrogen-bond donors (Lipinski definition) is 1. The van der Waals surface area contributed by atoms with E-state index in [1.165, 1.54) is 0 Å². The maximum Gasteiger partial charge on any atom is 0.318 e. The van der Waals surface area contributed by atoms with Crippen molar-refractivity contribution in [2.75, 3.05) is 31.2 Å². The summed E-state index contributed by atoms with van der Waals surface area (Å²) in [4.78, 5) is 14.5. The molecule has 2 aromatic rings. The molecule has 1 N–H and O–H groups in total. The first-order valence-corrected chi connectivity index (χ1v) is 8.47. The third kappa shape index (κ3) is 4.17. The Bertz CT molecular complexity index is 703. The second kappa shape index (κ2) is 7.23. The van der Waals surface area contributed by atoms with Crippen LogP contribution in [0.2, 0.25) is 0 Å². The fraction of sp³-hybridized carbons (Fsp3) is 0.500. The van der Waals surface area contributed by atoms with Crippen LogP contribution in [0.1, 0.15) is 38.3 Å². The van der Waals surface area contributed by atoms with Gasteiger partial charge in [0, 0.05) is 18.5 Å². The fourth-order valence-electron chi connectivity index (χ4n) is 2.51. The van der Waals surface area contributed by atoms with Crippen LogP contribution in [0.3, 0.4) is 0 Å². The third-order valence-electron chi connectivity index (χ3n) is 4.05. The third-order valence-corrected chi connectivity index (χ3v) is 4.05. The van der Waals surface area contributed by atoms with Crippen LogP contribution < -0.4 is 10.2 Å². The maximum absolute atomic E-state index is 12.5. The molecule has 25 heavy (non-hydrogen) atoms. The van der Waals surface area contributed by atoms with Gasteiger partial charge in [-0.25, -0.2) is 0 Å². The first-order chi connectivity index (χ1) is 11.9. The van der Waals surface area contributed by atoms with Crippen LogP contribution in [0.4, 0.5) is 6.01 Å². The Labute approximate surface area is 147 Å². The Morgan fingerprint density at radius 1 is 1.16 bits per heavy atom. The summed E-state index contributed by atoms with van der Waals surface area (Å²) < 4.78 is 11.2. The van der Waals surface area contributed by atoms with Gasteiger partial charge in [0.2, 0.25) is 11.8 Å². The molecule has 1 aliphatic rings. The summed E-state index contributed by atoms with van der Waals surface area (Å²) >= 11 is 0. The molecule has 0 bridgehead atoms. The van der Waals surface area contributed by atoms with Gasteiger partial charge in [-0.05, 0) is 5.56 Å². The van der Waals surface area contributed by atoms with Gasteiger partial charge in [0.15, 0.2) is 0 Å². The van der Waals surface area contributed by atoms with E-state index < -0.39 is 11.5 Å². The van der Waals surface area contributed by atoms with Gasteiger partial charge >= 0.3 is 6.01 Å². The monoisotopic (exact) mass is 344 g/mol. The van der Waals surface area contributed by atoms with E-state index in [0.29, 0.717) is 38.2 Å². The summed E-state index contributed by atoms with van der Waals surface area (Å²) in [5, 5.41) is 11.4. The van der Waals surface area contributed by atoms with Gasteiger partial charge in [-0.15, -0.1) is 5.10 Å². The zero-order valence-electron chi connectivity index (χ0n) is 14.9. The van der Waals surface area contributed by atoms with Crippen molar-refractivity contribution < 1.29 is 13.9 Å². The lowest BCUT2D eigenvalue weighted by Crippen LogP contribution is -2.38. The number of morpholine rings is 1. The minimum atomic E-state index is -0.514. The summed E-state index contributed by atoms with van der Waals surface area (Å²) in [6.07, 6.45) is 0. The summed E-state index contributed by atoms with van der Waals surface area (Å²) in [5.74, 6) is 0.303. The minimum absolute atomic E-state index is 0.0764. The number of hydrogen-bond acceptors (Lipinski definition) is 6. The van der Waals surface area contributed by atoms with E-state index >= 15 is 0 Å². The van der Waals surface area contributed by atoms with Crippen molar-refractivity contribution in [2.24, 2.45) is 5.41 Å². The van der Waals surface area contributed by atoms with Crippen LogP contribution in [-0.4, -0.2) is 42.4 Å². The molecule has 0 spiro atoms. The molecule has 1 aromatic carbocycles. The first-order valence-electron chi connectivity index (χ1n) is 8.47. The Balaban J connectivity index is 1.86. The largest absolute Gasteiger partial charge is 0.405 e. The number of amides is 1. The van der Waals surface area contributed by atoms with E-state index in [1.807, 2.05) is 56.0 Å². The predicted octanol–water partition coefficient (Wildman–Crippen LogP) is 2.16. The second-order valence-electron chi connectivity index (χ2n) is 7.09. The number of carbonyl (C=O) groups is 1. The molecule has 3 rings (SSSR count). The summed E-state index contributed by atoms with van der Waals surface area (Å²) in [5.41, 5.74) is 0.386. The van der Waals surface area contributed by atoms with Gasteiger partial charge < -0.3 is 19.4 Å². The van der Waals surface area contributed by atoms with Crippen LogP contribution in [0, 0.1) is 5.41 Å². The van der Waals surface area contributed by atoms with E-state index in [-0.39, 0.29) is 5.91 Å². The van der Waals surface area contributed by atoms with Gasteiger partial charge in [-0.1, -0.05) is 56.2 Å². The fourth-order valence-corrected chi connectivity index (χ4v) is 2.51. The molecule has 0 aliphatic carbocycles. The number of nitrogens with zero attached hydrogens (tertiary/aromatic N) is 3. The van der Waals surface area contributed by atoms with Crippen molar-refractivity contribution in [1.82, 2.24) is 15.5 Å². The maximum atomic E-state index is 12.5. The number of benzene rings is 1. The number of carbonyl (C=O) groups excluding carboxylic acids is 1. The quantitative estimate of drug-likeness (QED) is 0.915. The number of nitrogens with one attached hydrogen (secondary N) is 1. The Morgan fingerprint density at radius 3 is 2.48 bits per heavy atom. The van der Waals surface area contributed by atoms with Crippen LogP contribution >= 0.6 is 0 Å². The van der Waals surface area contributed by atoms with Crippen LogP contribution in [0.5, 0.6) is 0 Å². The Hall–Kier alpha value is -2.41. The lowest BCUT2D eigenvalue weighted by Gasteiger charge is -2.25. The van der Waals surface area contributed by atoms with Crippen molar-refractivity contribution in [3.05, 3.63) is 41.8 Å². The molecular formula is C18H24N4O3. The van der Waals surface area contributed by atoms with Gasteiger partial charge in [0.1, 0.15) is 6.04 Å². The van der Waals surface area contributed by atoms with E-state index in [2.05, 4.69) is 15.5 Å². The molecule has 7 nitrogen and oxygen atoms in total. The second-order valence-corrected chi connectivity index (χ2v) is 7.09. The lowest BCUT2D eigenvalue weighted by molar-refractivity contribution is -0.129. The molecule has 0 saturated carbocycles. The molecule has 2 heterocycles. The highest BCUT2D eigenvalue weighted by Crippen LogP contribution is 2.26. The molecular weight excluding hydrogens is 320 g/mol. The molecule has 1 aliphatic heterocycles. The Kier molecular flexibility index (Phi) is 5.03. The molecule has 7 heteroatoms. The molecule has 1 aromatic heterocycles. The van der Waals surface area contributed by atoms with Crippen molar-refractivity contribution in [3.63, 3.8) is 0 Å². The van der Waals surface area contributed by atoms with E-state index in [1.54, 1.807) is 0 Å². The Morgan fingerprint density at radius 2 is 1.84 bits per heavy atom. The SMILES string of the molecule is CC(C)(C)C(=O)N[C@@H](c1ccccc1)c1nnc(N2CCOCC2)o1. The smallest absolute Gasteiger partial charge is 0.318 e. The molecule has 0 radical (unpaired) electrons. The number of aromatic nitrogens is 2. The minimum Gasteiger partial charge on any atom is -0.405 e. The molecule has 0 unspecified atom stereocenters. The van der Waals surface area contributed by atoms with Crippen molar-refractivity contribution in [2.45, 2.75) is 26.8 Å². The van der Waals surface area contributed by atoms with Crippen molar-refractivity contribution in [3.8, 4) is 0 Å². The van der Waals surface area contributed by atoms with E-state index in [0.717, 1.165) is 5.56 Å². The summed E-state index contributed by atoms with van der Waals surface area (Å²) in [6.45, 7) is 8.32. The molecule has 1 atom stereocenters. The van der Waals surface area contributed by atoms with Crippen molar-refractivity contribution >= 4 is 11.9 Å². The van der Waals surface area contributed by atoms with E-state index in [9.17, 15) is 4.79 Å². The van der Waals surface area contributed by atoms with Gasteiger partial charge in [0.05, 0.1) is 13.2 Å². The molecule has 1 saturated heterocycles. The standard InChI is InChI=1S/C18H24N4O3/c1-18(2,3)16(23)19-14(13-7-5-4-6-8-13)15-20-21-17(25-15)22-9-11-24-12-10-22/h4-8,14H,9-12H2,1-3H3,(H,19,23)/t14-/m0/s1. The predicted molar refractivity (Wildman–Crippen MR) is 93.2 cm³/mol. The topological polar surface area (TPSA) is 80.5 Å². The molecule has 134 valence electrons. The summed E-state index contributed by atoms with van der Waals surface area (Å²) in [7, 11) is 0. The summed E-state index contributed by atoms with van der Waals surface area (Å²) in [6, 6.07) is 9.63. The molecule has 1 amide bonds. The van der Waals surface area contributed by atoms with Crippen LogP contribution in [0.25, 0.3) is 0 Å². The zero-order chi connectivity index (χ0) is 17.9. The normalized spacial score (nSPS) is 16.5. The highest BCUT2D eigenvalue weighted by molar-refractivity contribution is 5.82. The number of rotatable bonds is 4. The lowest BCUT2D eigenvalue weighted by atomic mass is 9.94. The number of ether oxygens (including phenoxy) is 1. The van der Waals surface area contributed by atoms with Crippen LogP contribution in [0.15, 0.2) is 34.7 Å². The van der Waals surface area contributed by atoms with Gasteiger partial charge in [0.25, 0.3) is 0 Å². The van der Waals surface area contributed by atoms with Crippen LogP contribution in [-0.2, 0) is 9.53 Å². The van der Waals surface area contributed by atoms with Gasteiger partial charge in [-0.3, -0.25) is 4.79 Å². The average Bonchev–Trinajstić information content (AvgIpc) is 3.10. The number of anilines is 1. The zero-order valence-corrected chi connectivity index (χ0v) is 14.9. The average molecular weight is 344 g/mol. The van der Waals surface area contributed by atoms with Gasteiger partial charge in [-0.2, -0.15) is 0 Å². The highest BCUT2D eigenvalue weighted by atomic mass is 16.5. The van der Waals surface area contributed by atoms with E-state index in [4.69, 9.17) is 9.15 Å². The van der Waals surface area contributed by atoms with Crippen molar-refractivity contribution in [1.29, 1.82) is 0 Å². The first kappa shape index (κ1) is 17.4. The molecule has 1 fully saturated rings.